The van der Waals surface area contributed by atoms with Crippen LogP contribution in [0.25, 0.3) is 10.4 Å². The molecule has 0 saturated carbocycles. The van der Waals surface area contributed by atoms with Gasteiger partial charge in [-0.1, -0.05) is 5.11 Å². The van der Waals surface area contributed by atoms with E-state index in [4.69, 9.17) is 11.3 Å². The first-order valence-electron chi connectivity index (χ1n) is 4.26. The standard InChI is InChI=1S/C7H14N6/c1-5(2)13-6(4-11-12-9)3-10-7(13)8/h5-6H,3-4H2,1-2H3,(H2,8,10). The van der Waals surface area contributed by atoms with Crippen LogP contribution in [0.15, 0.2) is 10.1 Å². The van der Waals surface area contributed by atoms with Gasteiger partial charge >= 0.3 is 0 Å². The molecule has 0 amide bonds. The number of guanidine groups is 1. The third kappa shape index (κ3) is 2.03. The molecule has 0 aromatic carbocycles. The SMILES string of the molecule is CC(C)N1C(N)=NCC1CN=[N+]=[N-]. The van der Waals surface area contributed by atoms with E-state index in [2.05, 4.69) is 15.0 Å². The van der Waals surface area contributed by atoms with Crippen molar-refractivity contribution < 1.29 is 0 Å². The molecule has 1 heterocycles. The van der Waals surface area contributed by atoms with Gasteiger partial charge in [-0.25, -0.2) is 0 Å². The molecule has 1 atom stereocenters. The van der Waals surface area contributed by atoms with Crippen molar-refractivity contribution in [3.8, 4) is 0 Å². The first-order valence-corrected chi connectivity index (χ1v) is 4.26. The molecular weight excluding hydrogens is 168 g/mol. The third-order valence-electron chi connectivity index (χ3n) is 2.03. The number of nitrogens with two attached hydrogens (primary N) is 1. The quantitative estimate of drug-likeness (QED) is 0.395. The predicted octanol–water partition coefficient (Wildman–Crippen LogP) is 0.704. The lowest BCUT2D eigenvalue weighted by Gasteiger charge is -2.28. The maximum Gasteiger partial charge on any atom is 0.191 e. The molecule has 13 heavy (non-hydrogen) atoms. The second kappa shape index (κ2) is 4.00. The van der Waals surface area contributed by atoms with Gasteiger partial charge in [0.25, 0.3) is 0 Å². The molecular formula is C7H14N6. The minimum Gasteiger partial charge on any atom is -0.370 e. The summed E-state index contributed by atoms with van der Waals surface area (Å²) in [5.41, 5.74) is 13.9. The van der Waals surface area contributed by atoms with E-state index in [1.54, 1.807) is 0 Å². The first kappa shape index (κ1) is 9.67. The Labute approximate surface area is 77.1 Å². The highest BCUT2D eigenvalue weighted by molar-refractivity contribution is 5.80. The van der Waals surface area contributed by atoms with Gasteiger partial charge in [-0.15, -0.1) is 0 Å². The summed E-state index contributed by atoms with van der Waals surface area (Å²) in [5.74, 6) is 0.549. The van der Waals surface area contributed by atoms with Crippen molar-refractivity contribution in [2.24, 2.45) is 15.8 Å². The van der Waals surface area contributed by atoms with E-state index in [1.807, 2.05) is 18.7 Å². The third-order valence-corrected chi connectivity index (χ3v) is 2.03. The Kier molecular flexibility index (Phi) is 2.97. The van der Waals surface area contributed by atoms with Gasteiger partial charge in [0, 0.05) is 17.5 Å². The molecule has 0 fully saturated rings. The normalized spacial score (nSPS) is 21.6. The van der Waals surface area contributed by atoms with E-state index < -0.39 is 0 Å². The fourth-order valence-corrected chi connectivity index (χ4v) is 1.52. The Hall–Kier alpha value is -1.42. The van der Waals surface area contributed by atoms with Crippen molar-refractivity contribution in [2.75, 3.05) is 13.1 Å². The Morgan fingerprint density at radius 2 is 2.54 bits per heavy atom. The maximum absolute atomic E-state index is 8.19. The molecule has 1 rings (SSSR count). The van der Waals surface area contributed by atoms with Crippen LogP contribution in [-0.2, 0) is 0 Å². The van der Waals surface area contributed by atoms with Crippen LogP contribution in [0.5, 0.6) is 0 Å². The van der Waals surface area contributed by atoms with Crippen molar-refractivity contribution in [3.63, 3.8) is 0 Å². The van der Waals surface area contributed by atoms with Gasteiger partial charge in [-0.3, -0.25) is 4.99 Å². The van der Waals surface area contributed by atoms with Crippen LogP contribution in [0.3, 0.4) is 0 Å². The molecule has 0 aliphatic carbocycles. The van der Waals surface area contributed by atoms with E-state index in [9.17, 15) is 0 Å². The summed E-state index contributed by atoms with van der Waals surface area (Å²) < 4.78 is 0. The topological polar surface area (TPSA) is 90.4 Å². The van der Waals surface area contributed by atoms with Gasteiger partial charge in [-0.05, 0) is 19.4 Å². The van der Waals surface area contributed by atoms with Crippen molar-refractivity contribution >= 4 is 5.96 Å². The molecule has 0 aromatic heterocycles. The fraction of sp³-hybridized carbons (Fsp3) is 0.857. The number of rotatable bonds is 3. The summed E-state index contributed by atoms with van der Waals surface area (Å²) in [4.78, 5) is 8.82. The zero-order chi connectivity index (χ0) is 9.84. The first-order chi connectivity index (χ1) is 6.16. The highest BCUT2D eigenvalue weighted by Gasteiger charge is 2.26. The summed E-state index contributed by atoms with van der Waals surface area (Å²) in [5, 5.41) is 3.53. The molecule has 0 saturated heterocycles. The van der Waals surface area contributed by atoms with Crippen LogP contribution < -0.4 is 5.73 Å². The highest BCUT2D eigenvalue weighted by atomic mass is 15.3. The largest absolute Gasteiger partial charge is 0.370 e. The molecule has 72 valence electrons. The molecule has 0 radical (unpaired) electrons. The summed E-state index contributed by atoms with van der Waals surface area (Å²) in [6.07, 6.45) is 0. The summed E-state index contributed by atoms with van der Waals surface area (Å²) >= 11 is 0. The minimum absolute atomic E-state index is 0.135. The van der Waals surface area contributed by atoms with Crippen molar-refractivity contribution in [1.82, 2.24) is 4.90 Å². The summed E-state index contributed by atoms with van der Waals surface area (Å²) in [6, 6.07) is 0.432. The Morgan fingerprint density at radius 1 is 1.85 bits per heavy atom. The molecule has 1 aliphatic heterocycles. The molecule has 6 heteroatoms. The van der Waals surface area contributed by atoms with Gasteiger partial charge in [0.05, 0.1) is 12.6 Å². The monoisotopic (exact) mass is 182 g/mol. The molecule has 1 aliphatic rings. The van der Waals surface area contributed by atoms with Gasteiger partial charge < -0.3 is 10.6 Å². The van der Waals surface area contributed by atoms with Crippen LogP contribution in [-0.4, -0.2) is 36.0 Å². The van der Waals surface area contributed by atoms with E-state index in [-0.39, 0.29) is 6.04 Å². The molecule has 0 bridgehead atoms. The average Bonchev–Trinajstić information content (AvgIpc) is 2.43. The zero-order valence-corrected chi connectivity index (χ0v) is 7.88. The van der Waals surface area contributed by atoms with Gasteiger partial charge in [0.1, 0.15) is 0 Å². The average molecular weight is 182 g/mol. The molecule has 2 N–H and O–H groups in total. The fourth-order valence-electron chi connectivity index (χ4n) is 1.52. The number of hydrogen-bond acceptors (Lipinski definition) is 4. The number of nitrogens with zero attached hydrogens (tertiary/aromatic N) is 5. The second-order valence-corrected chi connectivity index (χ2v) is 3.27. The lowest BCUT2D eigenvalue weighted by molar-refractivity contribution is 0.290. The zero-order valence-electron chi connectivity index (χ0n) is 7.88. The van der Waals surface area contributed by atoms with Crippen molar-refractivity contribution in [2.45, 2.75) is 25.9 Å². The second-order valence-electron chi connectivity index (χ2n) is 3.27. The van der Waals surface area contributed by atoms with E-state index in [1.165, 1.54) is 0 Å². The molecule has 0 aromatic rings. The molecule has 6 nitrogen and oxygen atoms in total. The van der Waals surface area contributed by atoms with Crippen molar-refractivity contribution in [3.05, 3.63) is 10.4 Å². The van der Waals surface area contributed by atoms with Crippen LogP contribution in [0, 0.1) is 0 Å². The van der Waals surface area contributed by atoms with Gasteiger partial charge in [0.15, 0.2) is 5.96 Å². The lowest BCUT2D eigenvalue weighted by atomic mass is 10.2. The predicted molar refractivity (Wildman–Crippen MR) is 51.3 cm³/mol. The molecule has 0 spiro atoms. The van der Waals surface area contributed by atoms with Crippen LogP contribution in [0.2, 0.25) is 0 Å². The van der Waals surface area contributed by atoms with Crippen LogP contribution in [0.1, 0.15) is 13.8 Å². The van der Waals surface area contributed by atoms with Gasteiger partial charge in [-0.2, -0.15) is 0 Å². The maximum atomic E-state index is 8.19. The summed E-state index contributed by atoms with van der Waals surface area (Å²) in [7, 11) is 0. The Balaban J connectivity index is 2.63. The smallest absolute Gasteiger partial charge is 0.191 e. The Bertz CT molecular complexity index is 252. The van der Waals surface area contributed by atoms with Crippen molar-refractivity contribution in [1.29, 1.82) is 0 Å². The number of hydrogen-bond donors (Lipinski definition) is 1. The number of azide groups is 1. The van der Waals surface area contributed by atoms with E-state index in [0.717, 1.165) is 0 Å². The van der Waals surface area contributed by atoms with E-state index in [0.29, 0.717) is 25.1 Å². The van der Waals surface area contributed by atoms with Crippen LogP contribution >= 0.6 is 0 Å². The summed E-state index contributed by atoms with van der Waals surface area (Å²) in [6.45, 7) is 5.13. The van der Waals surface area contributed by atoms with Crippen LogP contribution in [0.4, 0.5) is 0 Å². The Morgan fingerprint density at radius 3 is 3.08 bits per heavy atom. The van der Waals surface area contributed by atoms with Gasteiger partial charge in [0.2, 0.25) is 0 Å². The molecule has 1 unspecified atom stereocenters. The lowest BCUT2D eigenvalue weighted by Crippen LogP contribution is -2.46. The van der Waals surface area contributed by atoms with E-state index >= 15 is 0 Å². The minimum atomic E-state index is 0.135. The number of aliphatic imine (C=N–C) groups is 1. The highest BCUT2D eigenvalue weighted by Crippen LogP contribution is 2.12.